The zero-order valence-corrected chi connectivity index (χ0v) is 15.2. The van der Waals surface area contributed by atoms with Crippen LogP contribution in [-0.4, -0.2) is 36.0 Å². The van der Waals surface area contributed by atoms with Crippen LogP contribution in [0.3, 0.4) is 0 Å². The Labute approximate surface area is 149 Å². The SMILES string of the molecule is Nc1nnc(COc2ccc(S(=O)(=O)N3CCCCC3)cc2Cl)s1. The molecule has 0 atom stereocenters. The molecule has 1 fully saturated rings. The minimum Gasteiger partial charge on any atom is -0.485 e. The highest BCUT2D eigenvalue weighted by Crippen LogP contribution is 2.30. The van der Waals surface area contributed by atoms with Gasteiger partial charge in [-0.1, -0.05) is 29.4 Å². The molecular formula is C14H17ClN4O3S2. The van der Waals surface area contributed by atoms with E-state index in [1.165, 1.54) is 27.8 Å². The number of nitrogens with zero attached hydrogens (tertiary/aromatic N) is 3. The largest absolute Gasteiger partial charge is 0.485 e. The summed E-state index contributed by atoms with van der Waals surface area (Å²) in [5.41, 5.74) is 5.51. The molecule has 1 saturated heterocycles. The number of hydrogen-bond donors (Lipinski definition) is 1. The Bertz CT molecular complexity index is 819. The van der Waals surface area contributed by atoms with E-state index in [9.17, 15) is 8.42 Å². The van der Waals surface area contributed by atoms with Gasteiger partial charge < -0.3 is 10.5 Å². The predicted molar refractivity (Wildman–Crippen MR) is 92.7 cm³/mol. The first-order valence-electron chi connectivity index (χ1n) is 7.47. The zero-order valence-electron chi connectivity index (χ0n) is 12.8. The van der Waals surface area contributed by atoms with E-state index in [4.69, 9.17) is 22.1 Å². The molecule has 0 bridgehead atoms. The molecule has 0 radical (unpaired) electrons. The van der Waals surface area contributed by atoms with Gasteiger partial charge in [-0.25, -0.2) is 8.42 Å². The van der Waals surface area contributed by atoms with E-state index < -0.39 is 10.0 Å². The second kappa shape index (κ2) is 7.22. The van der Waals surface area contributed by atoms with Crippen molar-refractivity contribution in [2.45, 2.75) is 30.8 Å². The van der Waals surface area contributed by atoms with Gasteiger partial charge >= 0.3 is 0 Å². The lowest BCUT2D eigenvalue weighted by Gasteiger charge is -2.26. The standard InChI is InChI=1S/C14H17ClN4O3S2/c15-11-8-10(24(20,21)19-6-2-1-3-7-19)4-5-12(11)22-9-13-17-18-14(16)23-13/h4-5,8H,1-3,6-7,9H2,(H2,16,18). The van der Waals surface area contributed by atoms with Gasteiger partial charge in [0.15, 0.2) is 5.01 Å². The van der Waals surface area contributed by atoms with Crippen LogP contribution in [-0.2, 0) is 16.6 Å². The highest BCUT2D eigenvalue weighted by molar-refractivity contribution is 7.89. The Morgan fingerprint density at radius 2 is 2.00 bits per heavy atom. The molecule has 1 aliphatic rings. The molecule has 3 rings (SSSR count). The van der Waals surface area contributed by atoms with Crippen LogP contribution in [0.25, 0.3) is 0 Å². The van der Waals surface area contributed by atoms with E-state index in [0.717, 1.165) is 19.3 Å². The maximum atomic E-state index is 12.6. The van der Waals surface area contributed by atoms with Crippen LogP contribution in [0.5, 0.6) is 5.75 Å². The third kappa shape index (κ3) is 3.80. The quantitative estimate of drug-likeness (QED) is 0.844. The fourth-order valence-corrected chi connectivity index (χ4v) is 4.84. The number of benzene rings is 1. The van der Waals surface area contributed by atoms with E-state index in [-0.39, 0.29) is 16.5 Å². The van der Waals surface area contributed by atoms with Gasteiger partial charge in [0.25, 0.3) is 0 Å². The van der Waals surface area contributed by atoms with Gasteiger partial charge in [-0.3, -0.25) is 0 Å². The number of nitrogens with two attached hydrogens (primary N) is 1. The number of rotatable bonds is 5. The highest BCUT2D eigenvalue weighted by Gasteiger charge is 2.26. The first kappa shape index (κ1) is 17.4. The molecule has 24 heavy (non-hydrogen) atoms. The van der Waals surface area contributed by atoms with E-state index in [1.807, 2.05) is 0 Å². The van der Waals surface area contributed by atoms with Crippen molar-refractivity contribution in [3.8, 4) is 5.75 Å². The predicted octanol–water partition coefficient (Wildman–Crippen LogP) is 2.53. The van der Waals surface area contributed by atoms with E-state index >= 15 is 0 Å². The van der Waals surface area contributed by atoms with Gasteiger partial charge in [-0.2, -0.15) is 4.31 Å². The lowest BCUT2D eigenvalue weighted by molar-refractivity contribution is 0.304. The van der Waals surface area contributed by atoms with Gasteiger partial charge in [-0.15, -0.1) is 10.2 Å². The van der Waals surface area contributed by atoms with Crippen LogP contribution in [0.4, 0.5) is 5.13 Å². The molecule has 1 aromatic heterocycles. The Hall–Kier alpha value is -1.42. The van der Waals surface area contributed by atoms with Crippen molar-refractivity contribution in [1.82, 2.24) is 14.5 Å². The summed E-state index contributed by atoms with van der Waals surface area (Å²) in [6.07, 6.45) is 2.84. The lowest BCUT2D eigenvalue weighted by Crippen LogP contribution is -2.35. The molecule has 0 saturated carbocycles. The number of ether oxygens (including phenoxy) is 1. The topological polar surface area (TPSA) is 98.4 Å². The number of nitrogen functional groups attached to an aromatic ring is 1. The molecule has 0 spiro atoms. The Morgan fingerprint density at radius 3 is 2.62 bits per heavy atom. The summed E-state index contributed by atoms with van der Waals surface area (Å²) < 4.78 is 32.3. The van der Waals surface area contributed by atoms with Crippen LogP contribution in [0.15, 0.2) is 23.1 Å². The first-order chi connectivity index (χ1) is 11.5. The minimum absolute atomic E-state index is 0.173. The van der Waals surface area contributed by atoms with Crippen molar-refractivity contribution in [3.05, 3.63) is 28.2 Å². The van der Waals surface area contributed by atoms with Gasteiger partial charge in [0.1, 0.15) is 12.4 Å². The summed E-state index contributed by atoms with van der Waals surface area (Å²) in [6.45, 7) is 1.28. The number of sulfonamides is 1. The summed E-state index contributed by atoms with van der Waals surface area (Å²) in [6, 6.07) is 4.50. The van der Waals surface area contributed by atoms with Crippen molar-refractivity contribution in [2.75, 3.05) is 18.8 Å². The molecule has 2 heterocycles. The van der Waals surface area contributed by atoms with Gasteiger partial charge in [0.05, 0.1) is 9.92 Å². The number of piperidine rings is 1. The second-order valence-electron chi connectivity index (χ2n) is 5.38. The molecule has 130 valence electrons. The molecule has 1 aliphatic heterocycles. The fourth-order valence-electron chi connectivity index (χ4n) is 2.48. The van der Waals surface area contributed by atoms with Gasteiger partial charge in [0, 0.05) is 13.1 Å². The van der Waals surface area contributed by atoms with Crippen molar-refractivity contribution in [2.24, 2.45) is 0 Å². The number of halogens is 1. The Kier molecular flexibility index (Phi) is 5.24. The number of anilines is 1. The van der Waals surface area contributed by atoms with Crippen molar-refractivity contribution in [3.63, 3.8) is 0 Å². The molecule has 1 aromatic carbocycles. The molecule has 0 unspecified atom stereocenters. The van der Waals surface area contributed by atoms with Crippen molar-refractivity contribution in [1.29, 1.82) is 0 Å². The maximum Gasteiger partial charge on any atom is 0.243 e. The summed E-state index contributed by atoms with van der Waals surface area (Å²) >= 11 is 7.40. The van der Waals surface area contributed by atoms with E-state index in [1.54, 1.807) is 6.07 Å². The van der Waals surface area contributed by atoms with Crippen molar-refractivity contribution < 1.29 is 13.2 Å². The van der Waals surface area contributed by atoms with Crippen LogP contribution in [0, 0.1) is 0 Å². The fraction of sp³-hybridized carbons (Fsp3) is 0.429. The molecule has 2 N–H and O–H groups in total. The molecule has 2 aromatic rings. The van der Waals surface area contributed by atoms with Crippen LogP contribution < -0.4 is 10.5 Å². The molecular weight excluding hydrogens is 372 g/mol. The van der Waals surface area contributed by atoms with Crippen LogP contribution >= 0.6 is 22.9 Å². The van der Waals surface area contributed by atoms with Crippen LogP contribution in [0.1, 0.15) is 24.3 Å². The highest BCUT2D eigenvalue weighted by atomic mass is 35.5. The second-order valence-corrected chi connectivity index (χ2v) is 8.82. The average Bonchev–Trinajstić information content (AvgIpc) is 3.00. The summed E-state index contributed by atoms with van der Waals surface area (Å²) in [7, 11) is -3.51. The minimum atomic E-state index is -3.51. The van der Waals surface area contributed by atoms with E-state index in [2.05, 4.69) is 10.2 Å². The molecule has 7 nitrogen and oxygen atoms in total. The third-order valence-electron chi connectivity index (χ3n) is 3.69. The zero-order chi connectivity index (χ0) is 17.2. The van der Waals surface area contributed by atoms with E-state index in [0.29, 0.717) is 29.0 Å². The molecule has 0 amide bonds. The molecule has 0 aliphatic carbocycles. The van der Waals surface area contributed by atoms with Gasteiger partial charge in [-0.05, 0) is 31.0 Å². The summed E-state index contributed by atoms with van der Waals surface area (Å²) in [5, 5.41) is 8.77. The first-order valence-corrected chi connectivity index (χ1v) is 10.1. The molecule has 10 heteroatoms. The number of hydrogen-bond acceptors (Lipinski definition) is 7. The van der Waals surface area contributed by atoms with Crippen molar-refractivity contribution >= 4 is 38.1 Å². The Balaban J connectivity index is 1.74. The van der Waals surface area contributed by atoms with Crippen LogP contribution in [0.2, 0.25) is 5.02 Å². The Morgan fingerprint density at radius 1 is 1.25 bits per heavy atom. The smallest absolute Gasteiger partial charge is 0.243 e. The number of aromatic nitrogens is 2. The normalized spacial score (nSPS) is 16.2. The maximum absolute atomic E-state index is 12.6. The third-order valence-corrected chi connectivity index (χ3v) is 6.61. The monoisotopic (exact) mass is 388 g/mol. The lowest BCUT2D eigenvalue weighted by atomic mass is 10.2. The summed E-state index contributed by atoms with van der Waals surface area (Å²) in [5.74, 6) is 0.392. The van der Waals surface area contributed by atoms with Gasteiger partial charge in [0.2, 0.25) is 15.2 Å². The average molecular weight is 389 g/mol. The summed E-state index contributed by atoms with van der Waals surface area (Å²) in [4.78, 5) is 0.182.